The Morgan fingerprint density at radius 3 is 2.72 bits per heavy atom. The number of aliphatic imine (C=N–C) groups is 1. The molecule has 0 saturated heterocycles. The van der Waals surface area contributed by atoms with Gasteiger partial charge in [-0.1, -0.05) is 49.0 Å². The van der Waals surface area contributed by atoms with E-state index < -0.39 is 0 Å². The molecular weight excluding hydrogens is 360 g/mol. The zero-order chi connectivity index (χ0) is 20.2. The van der Waals surface area contributed by atoms with Gasteiger partial charge in [0.05, 0.1) is 22.8 Å². The Hall–Kier alpha value is -4.12. The Morgan fingerprint density at radius 1 is 1.03 bits per heavy atom. The highest BCUT2D eigenvalue weighted by Gasteiger charge is 2.09. The van der Waals surface area contributed by atoms with Crippen LogP contribution >= 0.6 is 0 Å². The first-order valence-electron chi connectivity index (χ1n) is 9.03. The van der Waals surface area contributed by atoms with Gasteiger partial charge in [0.25, 0.3) is 5.56 Å². The van der Waals surface area contributed by atoms with Gasteiger partial charge in [0.15, 0.2) is 0 Å². The van der Waals surface area contributed by atoms with E-state index in [-0.39, 0.29) is 5.56 Å². The van der Waals surface area contributed by atoms with Crippen molar-refractivity contribution < 1.29 is 0 Å². The molecular formula is C24H18N4O. The van der Waals surface area contributed by atoms with Crippen LogP contribution in [-0.2, 0) is 0 Å². The van der Waals surface area contributed by atoms with E-state index >= 15 is 0 Å². The minimum absolute atomic E-state index is 0.226. The molecule has 0 spiro atoms. The molecule has 2 heterocycles. The van der Waals surface area contributed by atoms with Gasteiger partial charge in [-0.25, -0.2) is 9.67 Å². The Morgan fingerprint density at radius 2 is 1.86 bits per heavy atom. The molecule has 29 heavy (non-hydrogen) atoms. The van der Waals surface area contributed by atoms with Crippen molar-refractivity contribution in [1.82, 2.24) is 14.8 Å². The summed E-state index contributed by atoms with van der Waals surface area (Å²) in [4.78, 5) is 21.4. The van der Waals surface area contributed by atoms with Crippen LogP contribution in [0.4, 0.5) is 0 Å². The number of aromatic nitrogens is 3. The summed E-state index contributed by atoms with van der Waals surface area (Å²) in [5.74, 6) is 0. The fourth-order valence-electron chi connectivity index (χ4n) is 3.14. The van der Waals surface area contributed by atoms with Crippen molar-refractivity contribution in [3.63, 3.8) is 0 Å². The number of rotatable bonds is 5. The van der Waals surface area contributed by atoms with E-state index in [0.717, 1.165) is 27.5 Å². The second kappa shape index (κ2) is 7.86. The lowest BCUT2D eigenvalue weighted by Gasteiger charge is -2.07. The molecule has 0 N–H and O–H groups in total. The number of pyridine rings is 1. The van der Waals surface area contributed by atoms with Gasteiger partial charge < -0.3 is 0 Å². The van der Waals surface area contributed by atoms with E-state index in [9.17, 15) is 4.79 Å². The van der Waals surface area contributed by atoms with Crippen LogP contribution in [-0.4, -0.2) is 21.5 Å². The van der Waals surface area contributed by atoms with Gasteiger partial charge >= 0.3 is 0 Å². The molecule has 5 nitrogen and oxygen atoms in total. The van der Waals surface area contributed by atoms with Crippen molar-refractivity contribution in [3.05, 3.63) is 101 Å². The van der Waals surface area contributed by atoms with Crippen LogP contribution in [0.15, 0.2) is 89.4 Å². The van der Waals surface area contributed by atoms with E-state index in [1.54, 1.807) is 30.7 Å². The summed E-state index contributed by atoms with van der Waals surface area (Å²) in [6, 6.07) is 17.4. The number of benzene rings is 2. The number of fused-ring (bicyclic) bond motifs is 2. The van der Waals surface area contributed by atoms with Crippen molar-refractivity contribution >= 4 is 46.2 Å². The normalized spacial score (nSPS) is 11.6. The smallest absolute Gasteiger partial charge is 0.272 e. The molecule has 0 saturated carbocycles. The third-order valence-electron chi connectivity index (χ3n) is 4.57. The predicted molar refractivity (Wildman–Crippen MR) is 121 cm³/mol. The van der Waals surface area contributed by atoms with E-state index in [2.05, 4.69) is 28.4 Å². The van der Waals surface area contributed by atoms with Crippen LogP contribution in [0, 0.1) is 0 Å². The highest BCUT2D eigenvalue weighted by Crippen LogP contribution is 2.22. The van der Waals surface area contributed by atoms with E-state index in [1.807, 2.05) is 54.6 Å². The largest absolute Gasteiger partial charge is 0.279 e. The molecule has 0 bridgehead atoms. The molecule has 0 fully saturated rings. The lowest BCUT2D eigenvalue weighted by atomic mass is 10.0. The number of para-hydroxylation sites is 1. The molecule has 0 unspecified atom stereocenters. The molecule has 2 aromatic carbocycles. The molecule has 0 radical (unpaired) electrons. The van der Waals surface area contributed by atoms with Gasteiger partial charge in [0.1, 0.15) is 0 Å². The molecule has 0 aliphatic heterocycles. The third-order valence-corrected chi connectivity index (χ3v) is 4.57. The minimum atomic E-state index is -0.226. The number of nitrogens with zero attached hydrogens (tertiary/aromatic N) is 4. The molecule has 0 aliphatic rings. The number of allylic oxidation sites excluding steroid dienone is 2. The maximum absolute atomic E-state index is 13.1. The van der Waals surface area contributed by atoms with Gasteiger partial charge in [0, 0.05) is 23.2 Å². The monoisotopic (exact) mass is 378 g/mol. The van der Waals surface area contributed by atoms with Gasteiger partial charge in [0.2, 0.25) is 0 Å². The molecule has 0 amide bonds. The molecule has 0 atom stereocenters. The Bertz CT molecular complexity index is 1360. The Balaban J connectivity index is 1.77. The number of hydrogen-bond acceptors (Lipinski definition) is 4. The zero-order valence-electron chi connectivity index (χ0n) is 15.7. The van der Waals surface area contributed by atoms with Crippen molar-refractivity contribution in [2.75, 3.05) is 0 Å². The maximum Gasteiger partial charge on any atom is 0.279 e. The van der Waals surface area contributed by atoms with Crippen molar-refractivity contribution in [2.24, 2.45) is 4.99 Å². The van der Waals surface area contributed by atoms with E-state index in [4.69, 9.17) is 0 Å². The van der Waals surface area contributed by atoms with Crippen molar-refractivity contribution in [1.29, 1.82) is 0 Å². The van der Waals surface area contributed by atoms with Gasteiger partial charge in [-0.3, -0.25) is 9.79 Å². The standard InChI is InChI=1S/C24H18N4O/c1-17(12-14-25-2)21-8-5-7-19-16-26-28(24(29)23(19)21)15-13-20-11-10-18-6-3-4-9-22(18)27-20/h3-16H,1-2H2/b14-12-,15-13+. The summed E-state index contributed by atoms with van der Waals surface area (Å²) in [6.07, 6.45) is 8.33. The van der Waals surface area contributed by atoms with Crippen molar-refractivity contribution in [3.8, 4) is 0 Å². The van der Waals surface area contributed by atoms with Crippen molar-refractivity contribution in [2.45, 2.75) is 0 Å². The summed E-state index contributed by atoms with van der Waals surface area (Å²) >= 11 is 0. The third kappa shape index (κ3) is 3.66. The fourth-order valence-corrected chi connectivity index (χ4v) is 3.14. The van der Waals surface area contributed by atoms with Crippen LogP contribution < -0.4 is 5.56 Å². The second-order valence-corrected chi connectivity index (χ2v) is 6.43. The maximum atomic E-state index is 13.1. The SMILES string of the molecule is C=N/C=C\C(=C)c1cccc2cnn(/C=C/c3ccc4ccccc4n3)c(=O)c12. The summed E-state index contributed by atoms with van der Waals surface area (Å²) < 4.78 is 1.31. The lowest BCUT2D eigenvalue weighted by molar-refractivity contribution is 0.870. The van der Waals surface area contributed by atoms with E-state index in [1.165, 1.54) is 4.68 Å². The average Bonchev–Trinajstić information content (AvgIpc) is 2.76. The number of hydrogen-bond donors (Lipinski definition) is 0. The molecule has 5 heteroatoms. The highest BCUT2D eigenvalue weighted by atomic mass is 16.1. The summed E-state index contributed by atoms with van der Waals surface area (Å²) in [5.41, 5.74) is 2.83. The molecule has 2 aromatic heterocycles. The first-order valence-corrected chi connectivity index (χ1v) is 9.03. The van der Waals surface area contributed by atoms with Crippen LogP contribution in [0.3, 0.4) is 0 Å². The average molecular weight is 378 g/mol. The summed E-state index contributed by atoms with van der Waals surface area (Å²) in [5, 5.41) is 6.63. The predicted octanol–water partition coefficient (Wildman–Crippen LogP) is 4.80. The first-order chi connectivity index (χ1) is 14.2. The Labute approximate surface area is 167 Å². The van der Waals surface area contributed by atoms with Crippen LogP contribution in [0.2, 0.25) is 0 Å². The fraction of sp³-hybridized carbons (Fsp3) is 0. The molecule has 4 rings (SSSR count). The molecule has 4 aromatic rings. The summed E-state index contributed by atoms with van der Waals surface area (Å²) in [6.45, 7) is 7.46. The molecule has 140 valence electrons. The van der Waals surface area contributed by atoms with Crippen LogP contribution in [0.25, 0.3) is 39.5 Å². The highest BCUT2D eigenvalue weighted by molar-refractivity contribution is 5.94. The topological polar surface area (TPSA) is 60.1 Å². The van der Waals surface area contributed by atoms with Gasteiger partial charge in [-0.2, -0.15) is 5.10 Å². The minimum Gasteiger partial charge on any atom is -0.272 e. The lowest BCUT2D eigenvalue weighted by Crippen LogP contribution is -2.19. The quantitative estimate of drug-likeness (QED) is 0.370. The van der Waals surface area contributed by atoms with E-state index in [0.29, 0.717) is 11.0 Å². The van der Waals surface area contributed by atoms with Crippen LogP contribution in [0.1, 0.15) is 11.3 Å². The Kier molecular flexibility index (Phi) is 4.95. The second-order valence-electron chi connectivity index (χ2n) is 6.43. The van der Waals surface area contributed by atoms with Gasteiger partial charge in [-0.05, 0) is 42.1 Å². The van der Waals surface area contributed by atoms with Crippen LogP contribution in [0.5, 0.6) is 0 Å². The molecule has 0 aliphatic carbocycles. The van der Waals surface area contributed by atoms with Gasteiger partial charge in [-0.15, -0.1) is 0 Å². The first kappa shape index (κ1) is 18.3. The summed E-state index contributed by atoms with van der Waals surface area (Å²) in [7, 11) is 0. The zero-order valence-corrected chi connectivity index (χ0v) is 15.7.